The van der Waals surface area contributed by atoms with Crippen molar-refractivity contribution in [2.24, 2.45) is 0 Å². The molecule has 0 unspecified atom stereocenters. The van der Waals surface area contributed by atoms with Crippen LogP contribution in [0.25, 0.3) is 0 Å². The van der Waals surface area contributed by atoms with E-state index in [1.807, 2.05) is 11.0 Å². The van der Waals surface area contributed by atoms with E-state index in [2.05, 4.69) is 15.5 Å². The molecule has 1 aromatic heterocycles. The fourth-order valence-electron chi connectivity index (χ4n) is 3.68. The van der Waals surface area contributed by atoms with Gasteiger partial charge in [0.1, 0.15) is 17.7 Å². The van der Waals surface area contributed by atoms with Gasteiger partial charge in [0.05, 0.1) is 38.5 Å². The molecule has 4 rings (SSSR count). The number of aromatic amines is 1. The normalized spacial score (nSPS) is 19.8. The lowest BCUT2D eigenvalue weighted by atomic mass is 10.2. The first-order valence-corrected chi connectivity index (χ1v) is 10.4. The molecule has 2 N–H and O–H groups in total. The summed E-state index contributed by atoms with van der Waals surface area (Å²) in [5.41, 5.74) is 1.60. The minimum absolute atomic E-state index is 0.0118. The molecule has 10 heteroatoms. The van der Waals surface area contributed by atoms with Gasteiger partial charge in [-0.25, -0.2) is 4.39 Å². The number of hydrogen-bond donors (Lipinski definition) is 2. The Labute approximate surface area is 179 Å². The van der Waals surface area contributed by atoms with Gasteiger partial charge in [0.2, 0.25) is 11.8 Å². The van der Waals surface area contributed by atoms with E-state index in [9.17, 15) is 14.0 Å². The quantitative estimate of drug-likeness (QED) is 0.663. The molecule has 0 saturated carbocycles. The zero-order chi connectivity index (χ0) is 21.6. The number of aromatic nitrogens is 2. The highest BCUT2D eigenvalue weighted by Crippen LogP contribution is 2.22. The number of amides is 2. The number of nitrogens with one attached hydrogen (secondary N) is 2. The summed E-state index contributed by atoms with van der Waals surface area (Å²) in [5.74, 6) is 0.0840. The largest absolute Gasteiger partial charge is 0.493 e. The Bertz CT molecular complexity index is 921. The number of hydrogen-bond acceptors (Lipinski definition) is 6. The van der Waals surface area contributed by atoms with Gasteiger partial charge in [-0.05, 0) is 18.2 Å². The van der Waals surface area contributed by atoms with Gasteiger partial charge in [-0.1, -0.05) is 6.07 Å². The molecule has 0 spiro atoms. The van der Waals surface area contributed by atoms with Crippen molar-refractivity contribution in [2.75, 3.05) is 52.5 Å². The molecular formula is C21H26FN5O4. The molecule has 2 aliphatic rings. The lowest BCUT2D eigenvalue weighted by molar-refractivity contribution is -0.141. The first-order chi connectivity index (χ1) is 15.1. The molecule has 1 aromatic carbocycles. The second-order valence-corrected chi connectivity index (χ2v) is 7.63. The van der Waals surface area contributed by atoms with Crippen molar-refractivity contribution in [1.29, 1.82) is 0 Å². The average Bonchev–Trinajstić information content (AvgIpc) is 3.23. The van der Waals surface area contributed by atoms with Gasteiger partial charge in [-0.15, -0.1) is 0 Å². The van der Waals surface area contributed by atoms with Crippen LogP contribution in [0, 0.1) is 5.82 Å². The SMILES string of the molecule is O=C1CN(CC(=O)N2CCO[C@H](c3cc(CCOc4cccc(F)c4)[nH]n3)C2)CCN1. The highest BCUT2D eigenvalue weighted by molar-refractivity contribution is 5.82. The van der Waals surface area contributed by atoms with Crippen LogP contribution in [0.3, 0.4) is 0 Å². The number of carbonyl (C=O) groups is 2. The third-order valence-electron chi connectivity index (χ3n) is 5.31. The maximum Gasteiger partial charge on any atom is 0.236 e. The van der Waals surface area contributed by atoms with Crippen LogP contribution in [0.15, 0.2) is 30.3 Å². The molecule has 2 aromatic rings. The molecule has 2 aliphatic heterocycles. The van der Waals surface area contributed by atoms with Crippen LogP contribution in [-0.4, -0.2) is 84.3 Å². The summed E-state index contributed by atoms with van der Waals surface area (Å²) in [5, 5.41) is 10.1. The van der Waals surface area contributed by atoms with Crippen LogP contribution in [0.1, 0.15) is 17.5 Å². The zero-order valence-electron chi connectivity index (χ0n) is 17.2. The van der Waals surface area contributed by atoms with Gasteiger partial charge in [-0.3, -0.25) is 19.6 Å². The first-order valence-electron chi connectivity index (χ1n) is 10.4. The van der Waals surface area contributed by atoms with Crippen molar-refractivity contribution in [3.8, 4) is 5.75 Å². The summed E-state index contributed by atoms with van der Waals surface area (Å²) in [7, 11) is 0. The van der Waals surface area contributed by atoms with E-state index in [1.54, 1.807) is 17.0 Å². The number of piperazine rings is 1. The Morgan fingerprint density at radius 3 is 3.06 bits per heavy atom. The molecule has 3 heterocycles. The van der Waals surface area contributed by atoms with Crippen LogP contribution in [0.2, 0.25) is 0 Å². The standard InChI is InChI=1S/C21H26FN5O4/c22-15-2-1-3-17(10-15)30-8-4-16-11-18(25-24-16)19-12-27(7-9-31-19)21(29)14-26-6-5-23-20(28)13-26/h1-3,10-11,19H,4-9,12-14H2,(H,23,28)(H,24,25)/t19-/m0/s1. The second-order valence-electron chi connectivity index (χ2n) is 7.63. The first kappa shape index (κ1) is 21.3. The summed E-state index contributed by atoms with van der Waals surface area (Å²) >= 11 is 0. The minimum Gasteiger partial charge on any atom is -0.493 e. The summed E-state index contributed by atoms with van der Waals surface area (Å²) in [6.45, 7) is 3.47. The molecule has 1 atom stereocenters. The third kappa shape index (κ3) is 5.80. The van der Waals surface area contributed by atoms with Gasteiger partial charge in [0, 0.05) is 37.8 Å². The van der Waals surface area contributed by atoms with Crippen molar-refractivity contribution in [3.05, 3.63) is 47.5 Å². The van der Waals surface area contributed by atoms with E-state index in [-0.39, 0.29) is 36.8 Å². The lowest BCUT2D eigenvalue weighted by Gasteiger charge is -2.34. The molecule has 9 nitrogen and oxygen atoms in total. The van der Waals surface area contributed by atoms with Crippen LogP contribution in [0.4, 0.5) is 4.39 Å². The van der Waals surface area contributed by atoms with Gasteiger partial charge < -0.3 is 19.7 Å². The van der Waals surface area contributed by atoms with Crippen LogP contribution < -0.4 is 10.1 Å². The van der Waals surface area contributed by atoms with Crippen molar-refractivity contribution in [2.45, 2.75) is 12.5 Å². The van der Waals surface area contributed by atoms with E-state index in [0.717, 1.165) is 11.4 Å². The van der Waals surface area contributed by atoms with Crippen LogP contribution >= 0.6 is 0 Å². The number of ether oxygens (including phenoxy) is 2. The fourth-order valence-corrected chi connectivity index (χ4v) is 3.68. The summed E-state index contributed by atoms with van der Waals surface area (Å²) in [6, 6.07) is 7.93. The lowest BCUT2D eigenvalue weighted by Crippen LogP contribution is -2.52. The van der Waals surface area contributed by atoms with E-state index < -0.39 is 0 Å². The van der Waals surface area contributed by atoms with Gasteiger partial charge >= 0.3 is 0 Å². The van der Waals surface area contributed by atoms with Gasteiger partial charge in [0.25, 0.3) is 0 Å². The number of nitrogens with zero attached hydrogens (tertiary/aromatic N) is 3. The van der Waals surface area contributed by atoms with Crippen molar-refractivity contribution < 1.29 is 23.5 Å². The zero-order valence-corrected chi connectivity index (χ0v) is 17.2. The average molecular weight is 431 g/mol. The summed E-state index contributed by atoms with van der Waals surface area (Å²) in [6.07, 6.45) is 0.270. The maximum absolute atomic E-state index is 13.2. The number of halogens is 1. The number of morpholine rings is 1. The van der Waals surface area contributed by atoms with E-state index in [1.165, 1.54) is 12.1 Å². The minimum atomic E-state index is -0.335. The molecule has 0 bridgehead atoms. The summed E-state index contributed by atoms with van der Waals surface area (Å²) in [4.78, 5) is 27.8. The van der Waals surface area contributed by atoms with Crippen LogP contribution in [0.5, 0.6) is 5.75 Å². The molecule has 0 aliphatic carbocycles. The van der Waals surface area contributed by atoms with Crippen molar-refractivity contribution >= 4 is 11.8 Å². The molecular weight excluding hydrogens is 405 g/mol. The Balaban J connectivity index is 1.27. The number of benzene rings is 1. The predicted octanol–water partition coefficient (Wildman–Crippen LogP) is 0.502. The van der Waals surface area contributed by atoms with Crippen LogP contribution in [-0.2, 0) is 20.7 Å². The third-order valence-corrected chi connectivity index (χ3v) is 5.31. The monoisotopic (exact) mass is 431 g/mol. The van der Waals surface area contributed by atoms with Crippen molar-refractivity contribution in [3.63, 3.8) is 0 Å². The highest BCUT2D eigenvalue weighted by atomic mass is 19.1. The number of rotatable bonds is 7. The molecule has 2 saturated heterocycles. The Morgan fingerprint density at radius 2 is 2.23 bits per heavy atom. The molecule has 0 radical (unpaired) electrons. The van der Waals surface area contributed by atoms with Gasteiger partial charge in [-0.2, -0.15) is 5.10 Å². The molecule has 2 fully saturated rings. The smallest absolute Gasteiger partial charge is 0.236 e. The van der Waals surface area contributed by atoms with E-state index >= 15 is 0 Å². The number of carbonyl (C=O) groups excluding carboxylic acids is 2. The van der Waals surface area contributed by atoms with Gasteiger partial charge in [0.15, 0.2) is 0 Å². The van der Waals surface area contributed by atoms with E-state index in [0.29, 0.717) is 51.6 Å². The molecule has 166 valence electrons. The van der Waals surface area contributed by atoms with Crippen molar-refractivity contribution in [1.82, 2.24) is 25.3 Å². The Kier molecular flexibility index (Phi) is 6.78. The summed E-state index contributed by atoms with van der Waals surface area (Å²) < 4.78 is 24.6. The Morgan fingerprint density at radius 1 is 1.32 bits per heavy atom. The number of H-pyrrole nitrogens is 1. The Hall–Kier alpha value is -2.98. The predicted molar refractivity (Wildman–Crippen MR) is 109 cm³/mol. The highest BCUT2D eigenvalue weighted by Gasteiger charge is 2.29. The van der Waals surface area contributed by atoms with E-state index in [4.69, 9.17) is 9.47 Å². The fraction of sp³-hybridized carbons (Fsp3) is 0.476. The second kappa shape index (κ2) is 9.88. The maximum atomic E-state index is 13.2. The molecule has 2 amide bonds. The topological polar surface area (TPSA) is 99.8 Å². The molecule has 31 heavy (non-hydrogen) atoms.